The summed E-state index contributed by atoms with van der Waals surface area (Å²) >= 11 is 1.62. The van der Waals surface area contributed by atoms with Crippen LogP contribution in [0.3, 0.4) is 0 Å². The summed E-state index contributed by atoms with van der Waals surface area (Å²) in [5, 5.41) is 3.37. The second-order valence-corrected chi connectivity index (χ2v) is 10.1. The van der Waals surface area contributed by atoms with Crippen molar-refractivity contribution in [1.29, 1.82) is 0 Å². The molecular weight excluding hydrogens is 409 g/mol. The highest BCUT2D eigenvalue weighted by Crippen LogP contribution is 2.26. The lowest BCUT2D eigenvalue weighted by Crippen LogP contribution is -2.45. The molecule has 1 fully saturated rings. The Morgan fingerprint density at radius 2 is 1.72 bits per heavy atom. The summed E-state index contributed by atoms with van der Waals surface area (Å²) in [6, 6.07) is 14.3. The first-order valence-corrected chi connectivity index (χ1v) is 11.9. The van der Waals surface area contributed by atoms with Crippen LogP contribution in [0.5, 0.6) is 0 Å². The third-order valence-corrected chi connectivity index (χ3v) is 8.11. The average Bonchev–Trinajstić information content (AvgIpc) is 3.29. The first-order valence-electron chi connectivity index (χ1n) is 9.36. The van der Waals surface area contributed by atoms with E-state index in [4.69, 9.17) is 0 Å². The zero-order valence-electron chi connectivity index (χ0n) is 15.6. The van der Waals surface area contributed by atoms with Crippen LogP contribution in [0.15, 0.2) is 70.3 Å². The molecule has 1 saturated heterocycles. The molecule has 29 heavy (non-hydrogen) atoms. The van der Waals surface area contributed by atoms with Crippen molar-refractivity contribution in [3.63, 3.8) is 0 Å². The predicted octanol–water partition coefficient (Wildman–Crippen LogP) is 4.63. The highest BCUT2D eigenvalue weighted by molar-refractivity contribution is 7.92. The van der Waals surface area contributed by atoms with Gasteiger partial charge in [-0.3, -0.25) is 4.79 Å². The van der Waals surface area contributed by atoms with Gasteiger partial charge in [0.05, 0.1) is 10.1 Å². The highest BCUT2D eigenvalue weighted by Gasteiger charge is 2.34. The van der Waals surface area contributed by atoms with E-state index in [-0.39, 0.29) is 17.3 Å². The first kappa shape index (κ1) is 19.8. The van der Waals surface area contributed by atoms with E-state index in [1.165, 1.54) is 12.1 Å². The topological polar surface area (TPSA) is 54.5 Å². The summed E-state index contributed by atoms with van der Waals surface area (Å²) in [7, 11) is -3.62. The second-order valence-electron chi connectivity index (χ2n) is 7.10. The van der Waals surface area contributed by atoms with Crippen molar-refractivity contribution in [2.45, 2.75) is 23.0 Å². The van der Waals surface area contributed by atoms with Gasteiger partial charge in [-0.15, -0.1) is 0 Å². The molecule has 7 heteroatoms. The number of nitrogens with zero attached hydrogens (tertiary/aromatic N) is 1. The van der Waals surface area contributed by atoms with Gasteiger partial charge in [-0.25, -0.2) is 12.8 Å². The van der Waals surface area contributed by atoms with Crippen molar-refractivity contribution < 1.29 is 17.6 Å². The molecule has 1 atom stereocenters. The van der Waals surface area contributed by atoms with Crippen LogP contribution in [0.4, 0.5) is 4.39 Å². The summed E-state index contributed by atoms with van der Waals surface area (Å²) in [4.78, 5) is 14.6. The molecule has 1 unspecified atom stereocenters. The number of likely N-dealkylation sites (tertiary alicyclic amines) is 1. The lowest BCUT2D eigenvalue weighted by atomic mass is 10.0. The molecule has 0 saturated carbocycles. The normalized spacial score (nSPS) is 17.3. The fraction of sp³-hybridized carbons (Fsp3) is 0.227. The molecule has 1 aliphatic rings. The number of benzene rings is 2. The largest absolute Gasteiger partial charge is 0.337 e. The van der Waals surface area contributed by atoms with Crippen molar-refractivity contribution in [3.05, 3.63) is 76.7 Å². The highest BCUT2D eigenvalue weighted by atomic mass is 32.2. The Labute approximate surface area is 173 Å². The zero-order chi connectivity index (χ0) is 20.4. The van der Waals surface area contributed by atoms with Crippen LogP contribution in [0.1, 0.15) is 23.2 Å². The molecule has 150 valence electrons. The quantitative estimate of drug-likeness (QED) is 0.568. The van der Waals surface area contributed by atoms with Gasteiger partial charge in [0.2, 0.25) is 0 Å². The average molecular weight is 430 g/mol. The van der Waals surface area contributed by atoms with E-state index in [1.54, 1.807) is 28.4 Å². The number of sulfone groups is 1. The summed E-state index contributed by atoms with van der Waals surface area (Å²) in [5.74, 6) is -0.642. The van der Waals surface area contributed by atoms with Crippen molar-refractivity contribution >= 4 is 27.1 Å². The smallest absolute Gasteiger partial charge is 0.253 e. The maximum atomic E-state index is 13.1. The number of hydrogen-bond donors (Lipinski definition) is 0. The van der Waals surface area contributed by atoms with Gasteiger partial charge in [0.15, 0.2) is 9.84 Å². The van der Waals surface area contributed by atoms with E-state index in [0.29, 0.717) is 24.9 Å². The van der Waals surface area contributed by atoms with Crippen molar-refractivity contribution in [2.24, 2.45) is 0 Å². The molecule has 1 amide bonds. The lowest BCUT2D eigenvalue weighted by Gasteiger charge is -2.32. The minimum absolute atomic E-state index is 0.0957. The minimum atomic E-state index is -3.62. The molecule has 0 bridgehead atoms. The van der Waals surface area contributed by atoms with E-state index < -0.39 is 20.9 Å². The van der Waals surface area contributed by atoms with Crippen LogP contribution in [0.25, 0.3) is 11.1 Å². The molecule has 1 aromatic heterocycles. The van der Waals surface area contributed by atoms with Gasteiger partial charge in [0, 0.05) is 18.7 Å². The Morgan fingerprint density at radius 1 is 1.00 bits per heavy atom. The van der Waals surface area contributed by atoms with Crippen LogP contribution < -0.4 is 0 Å². The maximum Gasteiger partial charge on any atom is 0.253 e. The third-order valence-electron chi connectivity index (χ3n) is 5.23. The van der Waals surface area contributed by atoms with Crippen LogP contribution in [-0.4, -0.2) is 37.6 Å². The number of halogens is 1. The van der Waals surface area contributed by atoms with Crippen LogP contribution in [0.2, 0.25) is 0 Å². The van der Waals surface area contributed by atoms with Crippen LogP contribution in [0, 0.1) is 5.82 Å². The number of amides is 1. The van der Waals surface area contributed by atoms with E-state index in [0.717, 1.165) is 23.3 Å². The fourth-order valence-electron chi connectivity index (χ4n) is 3.61. The zero-order valence-corrected chi connectivity index (χ0v) is 17.3. The summed E-state index contributed by atoms with van der Waals surface area (Å²) in [6.45, 7) is 0.672. The molecule has 3 aromatic rings. The van der Waals surface area contributed by atoms with Gasteiger partial charge in [-0.2, -0.15) is 11.3 Å². The van der Waals surface area contributed by atoms with Crippen LogP contribution >= 0.6 is 11.3 Å². The van der Waals surface area contributed by atoms with E-state index >= 15 is 0 Å². The van der Waals surface area contributed by atoms with E-state index in [1.807, 2.05) is 29.0 Å². The summed E-state index contributed by atoms with van der Waals surface area (Å²) in [5.41, 5.74) is 2.69. The van der Waals surface area contributed by atoms with Gasteiger partial charge in [-0.1, -0.05) is 12.1 Å². The van der Waals surface area contributed by atoms with Crippen molar-refractivity contribution in [2.75, 3.05) is 13.1 Å². The summed E-state index contributed by atoms with van der Waals surface area (Å²) in [6.07, 6.45) is 1.10. The summed E-state index contributed by atoms with van der Waals surface area (Å²) < 4.78 is 39.0. The molecule has 2 aromatic carbocycles. The number of piperidine rings is 1. The van der Waals surface area contributed by atoms with Gasteiger partial charge in [0.1, 0.15) is 5.82 Å². The maximum absolute atomic E-state index is 13.1. The Kier molecular flexibility index (Phi) is 5.52. The molecule has 0 spiro atoms. The van der Waals surface area contributed by atoms with Gasteiger partial charge >= 0.3 is 0 Å². The Balaban J connectivity index is 1.50. The van der Waals surface area contributed by atoms with Gasteiger partial charge in [0.25, 0.3) is 5.91 Å². The number of hydrogen-bond acceptors (Lipinski definition) is 4. The monoisotopic (exact) mass is 429 g/mol. The fourth-order valence-corrected chi connectivity index (χ4v) is 6.03. The molecule has 2 heterocycles. The third kappa shape index (κ3) is 4.11. The lowest BCUT2D eigenvalue weighted by molar-refractivity contribution is 0.0727. The van der Waals surface area contributed by atoms with Gasteiger partial charge in [-0.05, 0) is 77.2 Å². The van der Waals surface area contributed by atoms with E-state index in [2.05, 4.69) is 0 Å². The first-order chi connectivity index (χ1) is 13.9. The van der Waals surface area contributed by atoms with E-state index in [9.17, 15) is 17.6 Å². The number of thiophene rings is 1. The molecule has 0 aliphatic carbocycles. The Morgan fingerprint density at radius 3 is 2.38 bits per heavy atom. The Hall–Kier alpha value is -2.51. The van der Waals surface area contributed by atoms with Gasteiger partial charge < -0.3 is 4.90 Å². The standard InChI is InChI=1S/C22H20FNO3S2/c23-19-7-9-20(10-8-19)29(26,27)21-2-1-12-24(14-21)22(25)17-5-3-16(4-6-17)18-11-13-28-15-18/h3-11,13,15,21H,1-2,12,14H2. The van der Waals surface area contributed by atoms with Crippen molar-refractivity contribution in [3.8, 4) is 11.1 Å². The minimum Gasteiger partial charge on any atom is -0.337 e. The number of carbonyl (C=O) groups excluding carboxylic acids is 1. The molecule has 0 radical (unpaired) electrons. The Bertz CT molecular complexity index is 1090. The SMILES string of the molecule is O=C(c1ccc(-c2ccsc2)cc1)N1CCCC(S(=O)(=O)c2ccc(F)cc2)C1. The molecule has 1 aliphatic heterocycles. The number of carbonyl (C=O) groups is 1. The second kappa shape index (κ2) is 8.08. The predicted molar refractivity (Wildman–Crippen MR) is 112 cm³/mol. The molecule has 4 nitrogen and oxygen atoms in total. The molecule has 0 N–H and O–H groups in total. The molecule has 4 rings (SSSR count). The number of rotatable bonds is 4. The van der Waals surface area contributed by atoms with Crippen LogP contribution in [-0.2, 0) is 9.84 Å². The molecular formula is C22H20FNO3S2. The van der Waals surface area contributed by atoms with Crippen molar-refractivity contribution in [1.82, 2.24) is 4.90 Å².